The molecule has 2 aromatic carbocycles. The van der Waals surface area contributed by atoms with E-state index >= 15 is 0 Å². The minimum Gasteiger partial charge on any atom is -0.495 e. The second-order valence-corrected chi connectivity index (χ2v) is 8.46. The molecule has 0 saturated heterocycles. The van der Waals surface area contributed by atoms with E-state index in [9.17, 15) is 17.6 Å². The number of hydrogen-bond acceptors (Lipinski definition) is 5. The SMILES string of the molecule is COc1cc(S(=O)(=O)NCCSCc2ccccc2F)ccc1NC(C)=O. The number of amides is 1. The minimum atomic E-state index is -3.72. The fourth-order valence-corrected chi connectivity index (χ4v) is 4.28. The van der Waals surface area contributed by atoms with Crippen molar-refractivity contribution in [2.45, 2.75) is 17.6 Å². The summed E-state index contributed by atoms with van der Waals surface area (Å²) < 4.78 is 46.0. The first-order valence-electron chi connectivity index (χ1n) is 8.10. The van der Waals surface area contributed by atoms with Gasteiger partial charge in [-0.1, -0.05) is 18.2 Å². The summed E-state index contributed by atoms with van der Waals surface area (Å²) in [5.41, 5.74) is 0.980. The summed E-state index contributed by atoms with van der Waals surface area (Å²) in [7, 11) is -2.33. The van der Waals surface area contributed by atoms with Crippen molar-refractivity contribution in [2.24, 2.45) is 0 Å². The van der Waals surface area contributed by atoms with Gasteiger partial charge in [0.25, 0.3) is 0 Å². The summed E-state index contributed by atoms with van der Waals surface area (Å²) >= 11 is 1.43. The molecular weight excluding hydrogens is 391 g/mol. The van der Waals surface area contributed by atoms with E-state index in [1.807, 2.05) is 0 Å². The molecule has 0 aliphatic heterocycles. The van der Waals surface area contributed by atoms with Crippen LogP contribution in [0, 0.1) is 5.82 Å². The van der Waals surface area contributed by atoms with Crippen LogP contribution >= 0.6 is 11.8 Å². The van der Waals surface area contributed by atoms with Crippen molar-refractivity contribution < 1.29 is 22.3 Å². The van der Waals surface area contributed by atoms with Gasteiger partial charge < -0.3 is 10.1 Å². The average Bonchev–Trinajstić information content (AvgIpc) is 2.62. The third kappa shape index (κ3) is 6.23. The molecule has 0 bridgehead atoms. The van der Waals surface area contributed by atoms with Gasteiger partial charge in [-0.05, 0) is 23.8 Å². The van der Waals surface area contributed by atoms with E-state index in [1.54, 1.807) is 18.2 Å². The number of methoxy groups -OCH3 is 1. The largest absolute Gasteiger partial charge is 0.495 e. The second kappa shape index (κ2) is 9.72. The van der Waals surface area contributed by atoms with Crippen LogP contribution in [0.4, 0.5) is 10.1 Å². The van der Waals surface area contributed by atoms with Crippen LogP contribution in [0.1, 0.15) is 12.5 Å². The predicted octanol–water partition coefficient (Wildman–Crippen LogP) is 3.00. The highest BCUT2D eigenvalue weighted by Gasteiger charge is 2.16. The maximum atomic E-state index is 13.5. The third-order valence-corrected chi connectivity index (χ3v) is 6.01. The Morgan fingerprint density at radius 2 is 1.96 bits per heavy atom. The average molecular weight is 413 g/mol. The van der Waals surface area contributed by atoms with Crippen LogP contribution in [0.15, 0.2) is 47.4 Å². The van der Waals surface area contributed by atoms with E-state index in [0.29, 0.717) is 22.8 Å². The molecule has 0 aliphatic carbocycles. The number of carbonyl (C=O) groups is 1. The normalized spacial score (nSPS) is 11.2. The van der Waals surface area contributed by atoms with Gasteiger partial charge in [-0.2, -0.15) is 11.8 Å². The van der Waals surface area contributed by atoms with Crippen LogP contribution in [-0.2, 0) is 20.6 Å². The zero-order valence-electron chi connectivity index (χ0n) is 15.0. The molecular formula is C18H21FN2O4S2. The van der Waals surface area contributed by atoms with Crippen LogP contribution in [0.2, 0.25) is 0 Å². The molecule has 146 valence electrons. The summed E-state index contributed by atoms with van der Waals surface area (Å²) in [6.45, 7) is 1.56. The van der Waals surface area contributed by atoms with Crippen LogP contribution in [0.3, 0.4) is 0 Å². The minimum absolute atomic E-state index is 0.0348. The van der Waals surface area contributed by atoms with E-state index < -0.39 is 10.0 Å². The zero-order valence-corrected chi connectivity index (χ0v) is 16.6. The Morgan fingerprint density at radius 1 is 1.22 bits per heavy atom. The first-order chi connectivity index (χ1) is 12.8. The van der Waals surface area contributed by atoms with Crippen molar-refractivity contribution in [1.29, 1.82) is 0 Å². The first kappa shape index (κ1) is 21.2. The Kier molecular flexibility index (Phi) is 7.64. The summed E-state index contributed by atoms with van der Waals surface area (Å²) in [5.74, 6) is 0.662. The van der Waals surface area contributed by atoms with E-state index in [2.05, 4.69) is 10.0 Å². The number of benzene rings is 2. The number of halogens is 1. The Labute approximate surface area is 162 Å². The van der Waals surface area contributed by atoms with Gasteiger partial charge >= 0.3 is 0 Å². The quantitative estimate of drug-likeness (QED) is 0.619. The van der Waals surface area contributed by atoms with E-state index in [1.165, 1.54) is 50.1 Å². The molecule has 0 aliphatic rings. The molecule has 27 heavy (non-hydrogen) atoms. The lowest BCUT2D eigenvalue weighted by atomic mass is 10.2. The number of anilines is 1. The van der Waals surface area contributed by atoms with Gasteiger partial charge in [-0.15, -0.1) is 0 Å². The number of sulfonamides is 1. The fourth-order valence-electron chi connectivity index (χ4n) is 2.26. The van der Waals surface area contributed by atoms with Gasteiger partial charge in [0.2, 0.25) is 15.9 Å². The van der Waals surface area contributed by atoms with Crippen molar-refractivity contribution in [3.63, 3.8) is 0 Å². The van der Waals surface area contributed by atoms with Crippen LogP contribution in [0.25, 0.3) is 0 Å². The third-order valence-electron chi connectivity index (χ3n) is 3.55. The lowest BCUT2D eigenvalue weighted by Crippen LogP contribution is -2.26. The van der Waals surface area contributed by atoms with Crippen molar-refractivity contribution in [2.75, 3.05) is 24.7 Å². The summed E-state index contributed by atoms with van der Waals surface area (Å²) in [5, 5.41) is 2.57. The summed E-state index contributed by atoms with van der Waals surface area (Å²) in [6, 6.07) is 10.7. The van der Waals surface area contributed by atoms with Crippen molar-refractivity contribution in [3.8, 4) is 5.75 Å². The molecule has 0 unspecified atom stereocenters. The van der Waals surface area contributed by atoms with Gasteiger partial charge in [0.1, 0.15) is 11.6 Å². The first-order valence-corrected chi connectivity index (χ1v) is 10.7. The number of thioether (sulfide) groups is 1. The fraction of sp³-hybridized carbons (Fsp3) is 0.278. The highest BCUT2D eigenvalue weighted by Crippen LogP contribution is 2.27. The number of ether oxygens (including phenoxy) is 1. The number of nitrogens with one attached hydrogen (secondary N) is 2. The smallest absolute Gasteiger partial charge is 0.240 e. The highest BCUT2D eigenvalue weighted by atomic mass is 32.2. The van der Waals surface area contributed by atoms with Gasteiger partial charge in [0, 0.05) is 31.0 Å². The molecule has 9 heteroatoms. The summed E-state index contributed by atoms with van der Waals surface area (Å²) in [4.78, 5) is 11.2. The number of rotatable bonds is 9. The molecule has 0 radical (unpaired) electrons. The van der Waals surface area contributed by atoms with Crippen LogP contribution in [-0.4, -0.2) is 33.7 Å². The lowest BCUT2D eigenvalue weighted by Gasteiger charge is -2.12. The molecule has 0 aromatic heterocycles. The molecule has 2 N–H and O–H groups in total. The Balaban J connectivity index is 1.92. The molecule has 0 spiro atoms. The molecule has 6 nitrogen and oxygen atoms in total. The predicted molar refractivity (Wildman–Crippen MR) is 105 cm³/mol. The molecule has 0 fully saturated rings. The number of carbonyl (C=O) groups excluding carboxylic acids is 1. The highest BCUT2D eigenvalue weighted by molar-refractivity contribution is 7.98. The van der Waals surface area contributed by atoms with Gasteiger partial charge in [0.05, 0.1) is 17.7 Å². The standard InChI is InChI=1S/C18H21FN2O4S2/c1-13(22)21-17-8-7-15(11-18(17)25-2)27(23,24)20-9-10-26-12-14-5-3-4-6-16(14)19/h3-8,11,20H,9-10,12H2,1-2H3,(H,21,22). The topological polar surface area (TPSA) is 84.5 Å². The van der Waals surface area contributed by atoms with Crippen LogP contribution < -0.4 is 14.8 Å². The van der Waals surface area contributed by atoms with Gasteiger partial charge in [0.15, 0.2) is 0 Å². The molecule has 0 atom stereocenters. The monoisotopic (exact) mass is 412 g/mol. The molecule has 1 amide bonds. The number of hydrogen-bond donors (Lipinski definition) is 2. The van der Waals surface area contributed by atoms with E-state index in [0.717, 1.165) is 0 Å². The molecule has 0 heterocycles. The lowest BCUT2D eigenvalue weighted by molar-refractivity contribution is -0.114. The van der Waals surface area contributed by atoms with Crippen molar-refractivity contribution >= 4 is 33.4 Å². The van der Waals surface area contributed by atoms with E-state index in [4.69, 9.17) is 4.74 Å². The Hall–Kier alpha value is -2.10. The Bertz CT molecular complexity index is 904. The van der Waals surface area contributed by atoms with Crippen molar-refractivity contribution in [1.82, 2.24) is 4.72 Å². The maximum absolute atomic E-state index is 13.5. The molecule has 2 aromatic rings. The molecule has 2 rings (SSSR count). The molecule has 0 saturated carbocycles. The van der Waals surface area contributed by atoms with E-state index in [-0.39, 0.29) is 28.9 Å². The van der Waals surface area contributed by atoms with Crippen LogP contribution in [0.5, 0.6) is 5.75 Å². The van der Waals surface area contributed by atoms with Crippen molar-refractivity contribution in [3.05, 3.63) is 53.8 Å². The zero-order chi connectivity index (χ0) is 19.9. The Morgan fingerprint density at radius 3 is 2.63 bits per heavy atom. The maximum Gasteiger partial charge on any atom is 0.240 e. The summed E-state index contributed by atoms with van der Waals surface area (Å²) in [6.07, 6.45) is 0. The second-order valence-electron chi connectivity index (χ2n) is 5.59. The van der Waals surface area contributed by atoms with Gasteiger partial charge in [-0.3, -0.25) is 4.79 Å². The van der Waals surface area contributed by atoms with Gasteiger partial charge in [-0.25, -0.2) is 17.5 Å².